The quantitative estimate of drug-likeness (QED) is 0.638. The van der Waals surface area contributed by atoms with E-state index in [2.05, 4.69) is 6.58 Å². The molecule has 1 N–H and O–H groups in total. The number of carboxylic acid groups (broad SMARTS) is 1. The van der Waals surface area contributed by atoms with Crippen molar-refractivity contribution in [1.29, 1.82) is 0 Å². The number of carboxylic acids is 1. The predicted octanol–water partition coefficient (Wildman–Crippen LogP) is 5.09. The monoisotopic (exact) mass is 389 g/mol. The van der Waals surface area contributed by atoms with Gasteiger partial charge in [0.25, 0.3) is 5.91 Å². The summed E-state index contributed by atoms with van der Waals surface area (Å²) in [7, 11) is 1.55. The average molecular weight is 390 g/mol. The number of fused-ring (bicyclic) bond motifs is 1. The van der Waals surface area contributed by atoms with Crippen molar-refractivity contribution in [2.24, 2.45) is 0 Å². The number of carbonyl (C=O) groups excluding carboxylic acids is 1. The summed E-state index contributed by atoms with van der Waals surface area (Å²) in [6.45, 7) is 7.56. The van der Waals surface area contributed by atoms with Gasteiger partial charge in [-0.1, -0.05) is 24.3 Å². The summed E-state index contributed by atoms with van der Waals surface area (Å²) in [5, 5.41) is 10.7. The Hall–Kier alpha value is -2.53. The molecule has 2 aromatic rings. The van der Waals surface area contributed by atoms with Gasteiger partial charge in [-0.15, -0.1) is 0 Å². The van der Waals surface area contributed by atoms with Gasteiger partial charge >= 0.3 is 5.97 Å². The third-order valence-electron chi connectivity index (χ3n) is 4.58. The van der Waals surface area contributed by atoms with Gasteiger partial charge in [-0.3, -0.25) is 14.2 Å². The molecule has 144 valence electrons. The van der Waals surface area contributed by atoms with Gasteiger partial charge in [0, 0.05) is 21.7 Å². The minimum Gasteiger partial charge on any atom is -0.497 e. The van der Waals surface area contributed by atoms with Crippen molar-refractivity contribution >= 4 is 34.4 Å². The molecule has 0 aliphatic carbocycles. The van der Waals surface area contributed by atoms with Crippen LogP contribution in [-0.2, 0) is 11.2 Å². The van der Waals surface area contributed by atoms with E-state index in [-0.39, 0.29) is 12.3 Å². The highest BCUT2D eigenvalue weighted by Gasteiger charge is 2.22. The van der Waals surface area contributed by atoms with Crippen molar-refractivity contribution in [1.82, 2.24) is 4.57 Å². The zero-order chi connectivity index (χ0) is 20.1. The standard InChI is InChI=1S/C21H24ClNO4/c1-5-15(22)8-6-7-13(2)21(26)23-14(3)17(12-20(24)25)18-11-16(27-4)9-10-19(18)23/h5,9-11H,2,6-8,12H2,1,3-4H3,(H,24,25)/b15-5+. The minimum atomic E-state index is -0.952. The van der Waals surface area contributed by atoms with E-state index in [1.54, 1.807) is 36.8 Å². The fourth-order valence-corrected chi connectivity index (χ4v) is 3.24. The Morgan fingerprint density at radius 3 is 2.63 bits per heavy atom. The van der Waals surface area contributed by atoms with Crippen molar-refractivity contribution in [3.05, 3.63) is 52.7 Å². The first-order chi connectivity index (χ1) is 12.8. The number of rotatable bonds is 8. The molecule has 6 heteroatoms. The van der Waals surface area contributed by atoms with Crippen LogP contribution in [0.25, 0.3) is 10.9 Å². The Balaban J connectivity index is 2.42. The third-order valence-corrected chi connectivity index (χ3v) is 4.99. The van der Waals surface area contributed by atoms with Crippen LogP contribution in [0.1, 0.15) is 42.2 Å². The summed E-state index contributed by atoms with van der Waals surface area (Å²) < 4.78 is 6.80. The zero-order valence-corrected chi connectivity index (χ0v) is 16.6. The number of aliphatic carboxylic acids is 1. The fraction of sp³-hybridized carbons (Fsp3) is 0.333. The molecule has 0 radical (unpaired) electrons. The van der Waals surface area contributed by atoms with Crippen LogP contribution < -0.4 is 4.74 Å². The molecule has 0 fully saturated rings. The van der Waals surface area contributed by atoms with Crippen molar-refractivity contribution in [2.45, 2.75) is 39.5 Å². The lowest BCUT2D eigenvalue weighted by Crippen LogP contribution is -2.15. The molecule has 0 atom stereocenters. The van der Waals surface area contributed by atoms with E-state index in [0.717, 1.165) is 11.5 Å². The SMILES string of the molecule is C=C(CCC/C(Cl)=C\C)C(=O)n1c(C)c(CC(=O)O)c2cc(OC)ccc21. The van der Waals surface area contributed by atoms with Gasteiger partial charge < -0.3 is 9.84 Å². The first kappa shape index (κ1) is 20.8. The van der Waals surface area contributed by atoms with Gasteiger partial charge in [0.05, 0.1) is 19.0 Å². The number of benzene rings is 1. The van der Waals surface area contributed by atoms with E-state index < -0.39 is 5.97 Å². The number of carbonyl (C=O) groups is 2. The first-order valence-corrected chi connectivity index (χ1v) is 9.10. The minimum absolute atomic E-state index is 0.168. The number of hydrogen-bond acceptors (Lipinski definition) is 3. The highest BCUT2D eigenvalue weighted by Crippen LogP contribution is 2.31. The smallest absolute Gasteiger partial charge is 0.307 e. The summed E-state index contributed by atoms with van der Waals surface area (Å²) in [4.78, 5) is 24.3. The van der Waals surface area contributed by atoms with Crippen LogP contribution in [0.15, 0.2) is 41.5 Å². The maximum absolute atomic E-state index is 13.0. The molecule has 0 aliphatic heterocycles. The molecule has 1 aromatic heterocycles. The highest BCUT2D eigenvalue weighted by atomic mass is 35.5. The van der Waals surface area contributed by atoms with Crippen molar-refractivity contribution in [2.75, 3.05) is 7.11 Å². The molecule has 0 saturated heterocycles. The molecule has 5 nitrogen and oxygen atoms in total. The number of aromatic nitrogens is 1. The lowest BCUT2D eigenvalue weighted by Gasteiger charge is -2.10. The molecule has 0 spiro atoms. The summed E-state index contributed by atoms with van der Waals surface area (Å²) >= 11 is 6.00. The molecule has 0 bridgehead atoms. The second-order valence-corrected chi connectivity index (χ2v) is 6.84. The summed E-state index contributed by atoms with van der Waals surface area (Å²) in [6, 6.07) is 5.29. The Morgan fingerprint density at radius 1 is 1.33 bits per heavy atom. The van der Waals surface area contributed by atoms with Gasteiger partial charge in [0.2, 0.25) is 0 Å². The normalized spacial score (nSPS) is 11.6. The van der Waals surface area contributed by atoms with Crippen LogP contribution in [0.5, 0.6) is 5.75 Å². The highest BCUT2D eigenvalue weighted by molar-refractivity contribution is 6.29. The topological polar surface area (TPSA) is 68.5 Å². The van der Waals surface area contributed by atoms with Gasteiger partial charge in [0.15, 0.2) is 0 Å². The number of ether oxygens (including phenoxy) is 1. The summed E-state index contributed by atoms with van der Waals surface area (Å²) in [5.74, 6) is -0.568. The van der Waals surface area contributed by atoms with E-state index in [9.17, 15) is 14.7 Å². The van der Waals surface area contributed by atoms with Crippen LogP contribution in [0.2, 0.25) is 0 Å². The molecule has 0 unspecified atom stereocenters. The molecule has 1 heterocycles. The largest absolute Gasteiger partial charge is 0.497 e. The lowest BCUT2D eigenvalue weighted by molar-refractivity contribution is -0.136. The number of hydrogen-bond donors (Lipinski definition) is 1. The predicted molar refractivity (Wildman–Crippen MR) is 108 cm³/mol. The van der Waals surface area contributed by atoms with Gasteiger partial charge in [0.1, 0.15) is 5.75 Å². The van der Waals surface area contributed by atoms with Gasteiger partial charge in [-0.05, 0) is 56.9 Å². The summed E-state index contributed by atoms with van der Waals surface area (Å²) in [5.41, 5.74) is 2.34. The molecule has 0 aliphatic rings. The molecular formula is C21H24ClNO4. The lowest BCUT2D eigenvalue weighted by atomic mass is 10.1. The molecule has 2 rings (SSSR count). The van der Waals surface area contributed by atoms with Crippen molar-refractivity contribution in [3.63, 3.8) is 0 Å². The van der Waals surface area contributed by atoms with Gasteiger partial charge in [-0.25, -0.2) is 0 Å². The second-order valence-electron chi connectivity index (χ2n) is 6.35. The van der Waals surface area contributed by atoms with Gasteiger partial charge in [-0.2, -0.15) is 0 Å². The number of allylic oxidation sites excluding steroid dienone is 3. The van der Waals surface area contributed by atoms with Crippen LogP contribution in [0, 0.1) is 6.92 Å². The Morgan fingerprint density at radius 2 is 2.04 bits per heavy atom. The first-order valence-electron chi connectivity index (χ1n) is 8.73. The Bertz CT molecular complexity index is 924. The average Bonchev–Trinajstić information content (AvgIpc) is 2.91. The van der Waals surface area contributed by atoms with E-state index >= 15 is 0 Å². The Labute approximate surface area is 163 Å². The second kappa shape index (κ2) is 8.91. The van der Waals surface area contributed by atoms with Crippen molar-refractivity contribution < 1.29 is 19.4 Å². The van der Waals surface area contributed by atoms with Crippen LogP contribution in [0.3, 0.4) is 0 Å². The molecule has 0 amide bonds. The molecular weight excluding hydrogens is 366 g/mol. The van der Waals surface area contributed by atoms with E-state index in [1.165, 1.54) is 0 Å². The van der Waals surface area contributed by atoms with Crippen LogP contribution in [0.4, 0.5) is 0 Å². The maximum Gasteiger partial charge on any atom is 0.307 e. The molecule has 0 saturated carbocycles. The Kier molecular flexibility index (Phi) is 6.86. The summed E-state index contributed by atoms with van der Waals surface area (Å²) in [6.07, 6.45) is 3.60. The number of nitrogens with zero attached hydrogens (tertiary/aromatic N) is 1. The third kappa shape index (κ3) is 4.61. The van der Waals surface area contributed by atoms with Crippen LogP contribution in [-0.4, -0.2) is 28.7 Å². The van der Waals surface area contributed by atoms with Crippen LogP contribution >= 0.6 is 11.6 Å². The van der Waals surface area contributed by atoms with E-state index in [0.29, 0.717) is 46.3 Å². The maximum atomic E-state index is 13.0. The number of methoxy groups -OCH3 is 1. The van der Waals surface area contributed by atoms with Crippen molar-refractivity contribution in [3.8, 4) is 5.75 Å². The molecule has 27 heavy (non-hydrogen) atoms. The zero-order valence-electron chi connectivity index (χ0n) is 15.8. The number of halogens is 1. The van der Waals surface area contributed by atoms with E-state index in [4.69, 9.17) is 16.3 Å². The van der Waals surface area contributed by atoms with E-state index in [1.807, 2.05) is 13.0 Å². The fourth-order valence-electron chi connectivity index (χ4n) is 3.11. The molecule has 1 aromatic carbocycles.